The fourth-order valence-corrected chi connectivity index (χ4v) is 4.53. The summed E-state index contributed by atoms with van der Waals surface area (Å²) in [7, 11) is 0. The number of hydrogen-bond acceptors (Lipinski definition) is 9. The standard InChI is InChI=1S/C17H17N3O8S/c1-8(21)12-14(22)19-13(11(29-15(12)19)7-28-17(18)24)16(23)27-6-9-2-4-10(5-3-9)20(25)26/h2-5,8,12,15,21H,6-7H2,1H3,(H2,18,24). The number of β-lactam (4-membered cyclic amide) rings is 1. The third-order valence-electron chi connectivity index (χ3n) is 4.43. The Labute approximate surface area is 168 Å². The number of carbonyl (C=O) groups excluding carboxylic acids is 3. The van der Waals surface area contributed by atoms with Gasteiger partial charge in [-0.15, -0.1) is 0 Å². The van der Waals surface area contributed by atoms with E-state index in [0.717, 1.165) is 11.8 Å². The Morgan fingerprint density at radius 1 is 1.31 bits per heavy atom. The van der Waals surface area contributed by atoms with E-state index < -0.39 is 40.3 Å². The Bertz CT molecular complexity index is 898. The number of nitrogens with zero attached hydrogens (tertiary/aromatic N) is 2. The zero-order chi connectivity index (χ0) is 21.3. The lowest BCUT2D eigenvalue weighted by Gasteiger charge is -2.43. The third kappa shape index (κ3) is 4.03. The Kier molecular flexibility index (Phi) is 5.75. The molecular formula is C17H17N3O8S. The summed E-state index contributed by atoms with van der Waals surface area (Å²) < 4.78 is 9.99. The molecule has 12 heteroatoms. The van der Waals surface area contributed by atoms with E-state index in [0.29, 0.717) is 10.5 Å². The van der Waals surface area contributed by atoms with Crippen LogP contribution < -0.4 is 5.73 Å². The molecule has 0 aliphatic carbocycles. The molecule has 2 heterocycles. The van der Waals surface area contributed by atoms with Crippen molar-refractivity contribution in [3.8, 4) is 0 Å². The summed E-state index contributed by atoms with van der Waals surface area (Å²) in [4.78, 5) is 47.6. The first-order valence-corrected chi connectivity index (χ1v) is 9.32. The second kappa shape index (κ2) is 8.09. The van der Waals surface area contributed by atoms with E-state index in [1.807, 2.05) is 0 Å². The van der Waals surface area contributed by atoms with Crippen molar-refractivity contribution in [1.82, 2.24) is 4.90 Å². The third-order valence-corrected chi connectivity index (χ3v) is 5.77. The number of amides is 2. The predicted molar refractivity (Wildman–Crippen MR) is 98.8 cm³/mol. The van der Waals surface area contributed by atoms with E-state index in [-0.39, 0.29) is 24.6 Å². The zero-order valence-corrected chi connectivity index (χ0v) is 16.0. The van der Waals surface area contributed by atoms with Gasteiger partial charge >= 0.3 is 12.1 Å². The molecule has 3 unspecified atom stereocenters. The Balaban J connectivity index is 1.74. The van der Waals surface area contributed by atoms with Crippen LogP contribution in [0, 0.1) is 16.0 Å². The van der Waals surface area contributed by atoms with E-state index in [1.54, 1.807) is 0 Å². The van der Waals surface area contributed by atoms with E-state index >= 15 is 0 Å². The molecular weight excluding hydrogens is 406 g/mol. The van der Waals surface area contributed by atoms with Crippen LogP contribution in [-0.4, -0.2) is 51.0 Å². The average molecular weight is 423 g/mol. The fourth-order valence-electron chi connectivity index (χ4n) is 3.01. The van der Waals surface area contributed by atoms with Crippen molar-refractivity contribution >= 4 is 35.4 Å². The van der Waals surface area contributed by atoms with Crippen LogP contribution in [0.5, 0.6) is 0 Å². The number of nitro groups is 1. The molecule has 0 spiro atoms. The van der Waals surface area contributed by atoms with Gasteiger partial charge in [-0.05, 0) is 24.6 Å². The number of hydrogen-bond donors (Lipinski definition) is 2. The van der Waals surface area contributed by atoms with Gasteiger partial charge in [0.25, 0.3) is 5.69 Å². The van der Waals surface area contributed by atoms with E-state index in [1.165, 1.54) is 36.1 Å². The molecule has 1 aromatic rings. The quantitative estimate of drug-likeness (QED) is 0.280. The first kappa shape index (κ1) is 20.6. The minimum Gasteiger partial charge on any atom is -0.456 e. The molecule has 11 nitrogen and oxygen atoms in total. The minimum absolute atomic E-state index is 0.0648. The number of nitrogens with two attached hydrogens (primary N) is 1. The molecule has 2 amide bonds. The van der Waals surface area contributed by atoms with Crippen molar-refractivity contribution in [2.75, 3.05) is 6.61 Å². The number of thioether (sulfide) groups is 1. The van der Waals surface area contributed by atoms with Gasteiger partial charge in [-0.2, -0.15) is 0 Å². The van der Waals surface area contributed by atoms with Crippen LogP contribution in [0.25, 0.3) is 0 Å². The molecule has 3 atom stereocenters. The lowest BCUT2D eigenvalue weighted by atomic mass is 9.92. The molecule has 1 saturated heterocycles. The molecule has 0 radical (unpaired) electrons. The largest absolute Gasteiger partial charge is 0.456 e. The summed E-state index contributed by atoms with van der Waals surface area (Å²) in [5.74, 6) is -1.95. The van der Waals surface area contributed by atoms with Crippen LogP contribution in [0.1, 0.15) is 12.5 Å². The molecule has 2 aliphatic rings. The van der Waals surface area contributed by atoms with Crippen molar-refractivity contribution in [3.63, 3.8) is 0 Å². The predicted octanol–water partition coefficient (Wildman–Crippen LogP) is 0.857. The number of aliphatic hydroxyl groups excluding tert-OH is 1. The highest BCUT2D eigenvalue weighted by molar-refractivity contribution is 8.04. The van der Waals surface area contributed by atoms with Crippen LogP contribution in [-0.2, 0) is 25.7 Å². The van der Waals surface area contributed by atoms with E-state index in [9.17, 15) is 29.6 Å². The maximum absolute atomic E-state index is 12.6. The van der Waals surface area contributed by atoms with Crippen LogP contribution in [0.3, 0.4) is 0 Å². The lowest BCUT2D eigenvalue weighted by molar-refractivity contribution is -0.384. The van der Waals surface area contributed by atoms with Gasteiger partial charge in [-0.3, -0.25) is 19.8 Å². The van der Waals surface area contributed by atoms with Crippen LogP contribution >= 0.6 is 11.8 Å². The summed E-state index contributed by atoms with van der Waals surface area (Å²) in [5, 5.41) is 20.0. The summed E-state index contributed by atoms with van der Waals surface area (Å²) >= 11 is 1.12. The molecule has 0 saturated carbocycles. The van der Waals surface area contributed by atoms with E-state index in [2.05, 4.69) is 0 Å². The first-order chi connectivity index (χ1) is 13.7. The maximum Gasteiger partial charge on any atom is 0.404 e. The number of esters is 1. The average Bonchev–Trinajstić information content (AvgIpc) is 2.98. The van der Waals surface area contributed by atoms with Gasteiger partial charge in [0, 0.05) is 12.1 Å². The van der Waals surface area contributed by atoms with Crippen molar-refractivity contribution in [3.05, 3.63) is 50.5 Å². The summed E-state index contributed by atoms with van der Waals surface area (Å²) in [6, 6.07) is 5.45. The van der Waals surface area contributed by atoms with Gasteiger partial charge < -0.3 is 20.3 Å². The molecule has 29 heavy (non-hydrogen) atoms. The number of benzene rings is 1. The van der Waals surface area contributed by atoms with Crippen molar-refractivity contribution in [1.29, 1.82) is 0 Å². The summed E-state index contributed by atoms with van der Waals surface area (Å²) in [6.45, 7) is 0.987. The molecule has 0 aromatic heterocycles. The number of fused-ring (bicyclic) bond motifs is 1. The second-order valence-corrected chi connectivity index (χ2v) is 7.57. The van der Waals surface area contributed by atoms with Gasteiger partial charge in [0.2, 0.25) is 5.91 Å². The van der Waals surface area contributed by atoms with Gasteiger partial charge in [0.05, 0.1) is 21.9 Å². The number of carbonyl (C=O) groups is 3. The first-order valence-electron chi connectivity index (χ1n) is 8.44. The molecule has 2 aliphatic heterocycles. The molecule has 3 N–H and O–H groups in total. The van der Waals surface area contributed by atoms with Crippen molar-refractivity contribution in [2.45, 2.75) is 25.0 Å². The minimum atomic E-state index is -1.04. The van der Waals surface area contributed by atoms with Gasteiger partial charge in [0.1, 0.15) is 24.3 Å². The number of primary amides is 1. The highest BCUT2D eigenvalue weighted by atomic mass is 32.2. The summed E-state index contributed by atoms with van der Waals surface area (Å²) in [5.41, 5.74) is 5.32. The summed E-state index contributed by atoms with van der Waals surface area (Å²) in [6.07, 6.45) is -1.95. The lowest BCUT2D eigenvalue weighted by Crippen LogP contribution is -2.60. The highest BCUT2D eigenvalue weighted by Crippen LogP contribution is 2.50. The van der Waals surface area contributed by atoms with E-state index in [4.69, 9.17) is 15.2 Å². The molecule has 0 bridgehead atoms. The molecule has 1 aromatic carbocycles. The Morgan fingerprint density at radius 2 is 1.97 bits per heavy atom. The SMILES string of the molecule is CC(O)C1C(=O)N2C(C(=O)OCc3ccc([N+](=O)[O-])cc3)=C(COC(N)=O)SC12. The topological polar surface area (TPSA) is 162 Å². The van der Waals surface area contributed by atoms with Gasteiger partial charge in [0.15, 0.2) is 0 Å². The number of aliphatic hydroxyl groups is 1. The Hall–Kier alpha value is -3.12. The zero-order valence-electron chi connectivity index (χ0n) is 15.1. The number of non-ortho nitro benzene ring substituents is 1. The number of nitro benzene ring substituents is 1. The smallest absolute Gasteiger partial charge is 0.404 e. The molecule has 1 fully saturated rings. The second-order valence-electron chi connectivity index (χ2n) is 6.36. The molecule has 154 valence electrons. The molecule has 3 rings (SSSR count). The van der Waals surface area contributed by atoms with Crippen molar-refractivity contribution < 1.29 is 33.9 Å². The van der Waals surface area contributed by atoms with Crippen LogP contribution in [0.2, 0.25) is 0 Å². The van der Waals surface area contributed by atoms with Gasteiger partial charge in [-0.1, -0.05) is 11.8 Å². The number of ether oxygens (including phenoxy) is 2. The van der Waals surface area contributed by atoms with Crippen molar-refractivity contribution in [2.24, 2.45) is 11.7 Å². The monoisotopic (exact) mass is 423 g/mol. The van der Waals surface area contributed by atoms with Gasteiger partial charge in [-0.25, -0.2) is 9.59 Å². The van der Waals surface area contributed by atoms with Crippen LogP contribution in [0.15, 0.2) is 34.9 Å². The normalized spacial score (nSPS) is 21.3. The highest BCUT2D eigenvalue weighted by Gasteiger charge is 2.57. The maximum atomic E-state index is 12.6. The van der Waals surface area contributed by atoms with Crippen LogP contribution in [0.4, 0.5) is 10.5 Å². The Morgan fingerprint density at radius 3 is 2.52 bits per heavy atom. The fraction of sp³-hybridized carbons (Fsp3) is 0.353. The number of rotatable bonds is 7.